The number of ether oxygens (including phenoxy) is 1. The topological polar surface area (TPSA) is 102 Å². The standard InChI is InChI=1S/C22H32BClN2O5S/c1-14(2)12-19(22(28)31-17-6-4-5-7-17)25-10-11-26-32(29,30)20-13-16(8-9-18(20)24)21(23)15(3)27/h8-9,13-14,17,19,21,25-26H,4-7,10-12H2,1-3H3/t19-,21?/m0/s1. The maximum atomic E-state index is 12.7. The van der Waals surface area contributed by atoms with Gasteiger partial charge in [0.05, 0.1) is 12.9 Å². The summed E-state index contributed by atoms with van der Waals surface area (Å²) in [5.41, 5.74) is 0.368. The number of benzene rings is 1. The summed E-state index contributed by atoms with van der Waals surface area (Å²) in [6, 6.07) is 3.75. The van der Waals surface area contributed by atoms with Crippen molar-refractivity contribution < 1.29 is 22.7 Å². The van der Waals surface area contributed by atoms with E-state index in [2.05, 4.69) is 10.0 Å². The zero-order valence-electron chi connectivity index (χ0n) is 18.9. The van der Waals surface area contributed by atoms with Crippen LogP contribution in [0.1, 0.15) is 64.3 Å². The van der Waals surface area contributed by atoms with Crippen LogP contribution >= 0.6 is 11.6 Å². The second-order valence-electron chi connectivity index (χ2n) is 8.66. The van der Waals surface area contributed by atoms with Crippen LogP contribution in [0.2, 0.25) is 5.02 Å². The predicted molar refractivity (Wildman–Crippen MR) is 125 cm³/mol. The van der Waals surface area contributed by atoms with Gasteiger partial charge in [-0.3, -0.25) is 4.79 Å². The number of carbonyl (C=O) groups excluding carboxylic acids is 2. The molecule has 1 fully saturated rings. The van der Waals surface area contributed by atoms with Crippen LogP contribution in [0.3, 0.4) is 0 Å². The molecule has 2 radical (unpaired) electrons. The van der Waals surface area contributed by atoms with E-state index in [1.165, 1.54) is 25.1 Å². The molecule has 1 saturated carbocycles. The van der Waals surface area contributed by atoms with Crippen molar-refractivity contribution in [2.75, 3.05) is 13.1 Å². The molecule has 0 bridgehead atoms. The number of carbonyl (C=O) groups is 2. The first-order valence-electron chi connectivity index (χ1n) is 11.0. The zero-order chi connectivity index (χ0) is 23.9. The summed E-state index contributed by atoms with van der Waals surface area (Å²) in [4.78, 5) is 24.0. The Morgan fingerprint density at radius 3 is 2.47 bits per heavy atom. The van der Waals surface area contributed by atoms with E-state index in [9.17, 15) is 18.0 Å². The van der Waals surface area contributed by atoms with Crippen LogP contribution in [0.4, 0.5) is 0 Å². The molecular weight excluding hydrogens is 451 g/mol. The highest BCUT2D eigenvalue weighted by atomic mass is 35.5. The third kappa shape index (κ3) is 7.87. The lowest BCUT2D eigenvalue weighted by Crippen LogP contribution is -2.43. The number of ketones is 1. The first-order valence-corrected chi connectivity index (χ1v) is 12.9. The molecule has 7 nitrogen and oxygen atoms in total. The van der Waals surface area contributed by atoms with Gasteiger partial charge < -0.3 is 14.8 Å². The van der Waals surface area contributed by atoms with Gasteiger partial charge in [0.1, 0.15) is 22.8 Å². The number of esters is 1. The van der Waals surface area contributed by atoms with Gasteiger partial charge in [-0.25, -0.2) is 13.1 Å². The summed E-state index contributed by atoms with van der Waals surface area (Å²) in [6.07, 6.45) is 4.51. The maximum absolute atomic E-state index is 12.7. The first-order chi connectivity index (χ1) is 15.0. The number of rotatable bonds is 12. The van der Waals surface area contributed by atoms with Crippen LogP contribution in [-0.2, 0) is 24.3 Å². The number of sulfonamides is 1. The first kappa shape index (κ1) is 26.8. The second-order valence-corrected chi connectivity index (χ2v) is 10.8. The molecule has 1 unspecified atom stereocenters. The quantitative estimate of drug-likeness (QED) is 0.270. The Hall–Kier alpha value is -1.42. The molecule has 0 spiro atoms. The molecule has 1 aromatic carbocycles. The normalized spacial score (nSPS) is 16.8. The fraction of sp³-hybridized carbons (Fsp3) is 0.636. The molecule has 0 amide bonds. The Bertz CT molecular complexity index is 904. The number of nitrogens with one attached hydrogen (secondary N) is 2. The molecule has 32 heavy (non-hydrogen) atoms. The largest absolute Gasteiger partial charge is 0.461 e. The van der Waals surface area contributed by atoms with E-state index in [1.54, 1.807) is 0 Å². The molecular formula is C22H32BClN2O5S. The Morgan fingerprint density at radius 2 is 1.88 bits per heavy atom. The van der Waals surface area contributed by atoms with Gasteiger partial charge >= 0.3 is 5.97 Å². The molecule has 0 heterocycles. The van der Waals surface area contributed by atoms with Gasteiger partial charge in [0.15, 0.2) is 0 Å². The molecule has 2 N–H and O–H groups in total. The van der Waals surface area contributed by atoms with Gasteiger partial charge in [0.25, 0.3) is 0 Å². The van der Waals surface area contributed by atoms with Crippen molar-refractivity contribution in [2.45, 2.75) is 75.7 Å². The highest BCUT2D eigenvalue weighted by Crippen LogP contribution is 2.26. The highest BCUT2D eigenvalue weighted by molar-refractivity contribution is 7.89. The zero-order valence-corrected chi connectivity index (χ0v) is 20.5. The van der Waals surface area contributed by atoms with E-state index in [0.29, 0.717) is 12.0 Å². The lowest BCUT2D eigenvalue weighted by molar-refractivity contribution is -0.151. The monoisotopic (exact) mass is 482 g/mol. The summed E-state index contributed by atoms with van der Waals surface area (Å²) in [7, 11) is 1.88. The van der Waals surface area contributed by atoms with E-state index >= 15 is 0 Å². The van der Waals surface area contributed by atoms with Crippen LogP contribution in [-0.4, -0.2) is 53.3 Å². The van der Waals surface area contributed by atoms with Crippen molar-refractivity contribution in [1.82, 2.24) is 10.0 Å². The summed E-state index contributed by atoms with van der Waals surface area (Å²) >= 11 is 6.09. The van der Waals surface area contributed by atoms with E-state index in [-0.39, 0.29) is 46.8 Å². The minimum Gasteiger partial charge on any atom is -0.461 e. The van der Waals surface area contributed by atoms with E-state index < -0.39 is 21.9 Å². The fourth-order valence-corrected chi connectivity index (χ4v) is 5.22. The Morgan fingerprint density at radius 1 is 1.22 bits per heavy atom. The molecule has 1 aromatic rings. The Balaban J connectivity index is 1.97. The Kier molecular flexibility index (Phi) is 10.2. The van der Waals surface area contributed by atoms with Gasteiger partial charge in [0.2, 0.25) is 10.0 Å². The smallest absolute Gasteiger partial charge is 0.323 e. The molecule has 2 atom stereocenters. The second kappa shape index (κ2) is 12.2. The maximum Gasteiger partial charge on any atom is 0.323 e. The number of halogens is 1. The van der Waals surface area contributed by atoms with Crippen molar-refractivity contribution in [3.05, 3.63) is 28.8 Å². The van der Waals surface area contributed by atoms with Crippen LogP contribution in [0.5, 0.6) is 0 Å². The van der Waals surface area contributed by atoms with Gasteiger partial charge in [-0.05, 0) is 62.6 Å². The van der Waals surface area contributed by atoms with E-state index in [4.69, 9.17) is 24.2 Å². The third-order valence-corrected chi connectivity index (χ3v) is 7.37. The summed E-state index contributed by atoms with van der Waals surface area (Å²) in [6.45, 7) is 5.65. The van der Waals surface area contributed by atoms with Crippen LogP contribution < -0.4 is 10.0 Å². The summed E-state index contributed by atoms with van der Waals surface area (Å²) in [5, 5.41) is 3.14. The minimum absolute atomic E-state index is 0.0201. The molecule has 10 heteroatoms. The average molecular weight is 483 g/mol. The van der Waals surface area contributed by atoms with E-state index in [1.807, 2.05) is 13.8 Å². The van der Waals surface area contributed by atoms with Gasteiger partial charge in [0, 0.05) is 18.9 Å². The fourth-order valence-electron chi connectivity index (χ4n) is 3.65. The van der Waals surface area contributed by atoms with Crippen LogP contribution in [0.25, 0.3) is 0 Å². The highest BCUT2D eigenvalue weighted by Gasteiger charge is 2.26. The number of Topliss-reactive ketones (excluding diaryl/α,β-unsaturated/α-hetero) is 1. The molecule has 2 rings (SSSR count). The van der Waals surface area contributed by atoms with Gasteiger partial charge in [-0.2, -0.15) is 0 Å². The molecule has 0 saturated heterocycles. The van der Waals surface area contributed by atoms with Crippen LogP contribution in [0.15, 0.2) is 23.1 Å². The predicted octanol–water partition coefficient (Wildman–Crippen LogP) is 2.91. The van der Waals surface area contributed by atoms with Crippen molar-refractivity contribution in [1.29, 1.82) is 0 Å². The van der Waals surface area contributed by atoms with Crippen molar-refractivity contribution in [3.63, 3.8) is 0 Å². The summed E-state index contributed by atoms with van der Waals surface area (Å²) in [5.74, 6) is -1.23. The van der Waals surface area contributed by atoms with Crippen LogP contribution in [0, 0.1) is 5.92 Å². The molecule has 0 aliphatic heterocycles. The minimum atomic E-state index is -3.94. The van der Waals surface area contributed by atoms with Gasteiger partial charge in [-0.1, -0.05) is 31.5 Å². The molecule has 0 aromatic heterocycles. The SMILES string of the molecule is [B]C(C(C)=O)c1ccc(Cl)c(S(=O)(=O)NCCN[C@@H](CC(C)C)C(=O)OC2CCCC2)c1. The third-order valence-electron chi connectivity index (χ3n) is 5.43. The Labute approximate surface area is 197 Å². The van der Waals surface area contributed by atoms with Gasteiger partial charge in [-0.15, -0.1) is 0 Å². The molecule has 1 aliphatic rings. The van der Waals surface area contributed by atoms with E-state index in [0.717, 1.165) is 25.7 Å². The molecule has 176 valence electrons. The number of hydrogen-bond donors (Lipinski definition) is 2. The van der Waals surface area contributed by atoms with Crippen molar-refractivity contribution in [2.24, 2.45) is 5.92 Å². The number of hydrogen-bond acceptors (Lipinski definition) is 6. The average Bonchev–Trinajstić information content (AvgIpc) is 3.22. The van der Waals surface area contributed by atoms with Crippen molar-refractivity contribution >= 4 is 41.2 Å². The summed E-state index contributed by atoms with van der Waals surface area (Å²) < 4.78 is 33.6. The molecule has 1 aliphatic carbocycles. The van der Waals surface area contributed by atoms with Crippen molar-refractivity contribution in [3.8, 4) is 0 Å². The lowest BCUT2D eigenvalue weighted by atomic mass is 9.78. The lowest BCUT2D eigenvalue weighted by Gasteiger charge is -2.22.